The summed E-state index contributed by atoms with van der Waals surface area (Å²) >= 11 is 3.09. The van der Waals surface area contributed by atoms with E-state index in [0.29, 0.717) is 16.8 Å². The van der Waals surface area contributed by atoms with E-state index in [1.807, 2.05) is 0 Å². The molecule has 0 aliphatic heterocycles. The molecule has 1 amide bonds. The number of aromatic nitrogens is 2. The van der Waals surface area contributed by atoms with Gasteiger partial charge in [0.05, 0.1) is 0 Å². The van der Waals surface area contributed by atoms with Crippen LogP contribution in [0.3, 0.4) is 0 Å². The Kier molecular flexibility index (Phi) is 5.76. The van der Waals surface area contributed by atoms with Crippen LogP contribution in [-0.4, -0.2) is 21.4 Å². The summed E-state index contributed by atoms with van der Waals surface area (Å²) in [6.07, 6.45) is 2.50. The van der Waals surface area contributed by atoms with Gasteiger partial charge in [-0.25, -0.2) is 0 Å². The topological polar surface area (TPSA) is 54.9 Å². The van der Waals surface area contributed by atoms with Crippen LogP contribution in [0, 0.1) is 0 Å². The Morgan fingerprint density at radius 2 is 2.25 bits per heavy atom. The molecule has 0 radical (unpaired) electrons. The highest BCUT2D eigenvalue weighted by Crippen LogP contribution is 2.28. The molecule has 1 aromatic rings. The van der Waals surface area contributed by atoms with Gasteiger partial charge >= 0.3 is 0 Å². The standard InChI is InChI=1S/C10H17N3OS2/c1-4-5-6-8(14)11-9-12-13-10(16-9)15-7(2)3/h7H,4-6H2,1-3H3,(H,11,12,14). The second kappa shape index (κ2) is 6.85. The number of hydrogen-bond donors (Lipinski definition) is 1. The van der Waals surface area contributed by atoms with Gasteiger partial charge in [-0.05, 0) is 6.42 Å². The van der Waals surface area contributed by atoms with Gasteiger partial charge in [-0.1, -0.05) is 50.3 Å². The lowest BCUT2D eigenvalue weighted by atomic mass is 10.2. The van der Waals surface area contributed by atoms with Gasteiger partial charge in [-0.3, -0.25) is 4.79 Å². The number of unbranched alkanes of at least 4 members (excludes halogenated alkanes) is 1. The summed E-state index contributed by atoms with van der Waals surface area (Å²) in [6.45, 7) is 6.27. The van der Waals surface area contributed by atoms with E-state index in [2.05, 4.69) is 36.3 Å². The molecule has 0 aliphatic carbocycles. The molecule has 1 rings (SSSR count). The first-order chi connectivity index (χ1) is 7.61. The molecule has 0 bridgehead atoms. The van der Waals surface area contributed by atoms with Crippen LogP contribution in [0.1, 0.15) is 40.0 Å². The molecule has 0 saturated heterocycles. The Morgan fingerprint density at radius 3 is 2.88 bits per heavy atom. The van der Waals surface area contributed by atoms with Crippen LogP contribution in [-0.2, 0) is 4.79 Å². The second-order valence-electron chi connectivity index (χ2n) is 3.69. The Balaban J connectivity index is 2.42. The van der Waals surface area contributed by atoms with Crippen molar-refractivity contribution in [3.63, 3.8) is 0 Å². The minimum absolute atomic E-state index is 0.0269. The highest BCUT2D eigenvalue weighted by atomic mass is 32.2. The van der Waals surface area contributed by atoms with Crippen molar-refractivity contribution in [2.75, 3.05) is 5.32 Å². The van der Waals surface area contributed by atoms with Crippen LogP contribution in [0.15, 0.2) is 4.34 Å². The average Bonchev–Trinajstić information content (AvgIpc) is 2.61. The predicted octanol–water partition coefficient (Wildman–Crippen LogP) is 3.17. The highest BCUT2D eigenvalue weighted by molar-refractivity contribution is 8.01. The Labute approximate surface area is 104 Å². The van der Waals surface area contributed by atoms with Crippen LogP contribution in [0.2, 0.25) is 0 Å². The Hall–Kier alpha value is -0.620. The minimum Gasteiger partial charge on any atom is -0.301 e. The summed E-state index contributed by atoms with van der Waals surface area (Å²) < 4.78 is 0.904. The van der Waals surface area contributed by atoms with Crippen molar-refractivity contribution < 1.29 is 4.79 Å². The molecule has 0 spiro atoms. The van der Waals surface area contributed by atoms with Crippen molar-refractivity contribution in [1.82, 2.24) is 10.2 Å². The second-order valence-corrected chi connectivity index (χ2v) is 6.49. The molecule has 1 N–H and O–H groups in total. The number of rotatable bonds is 6. The number of thioether (sulfide) groups is 1. The summed E-state index contributed by atoms with van der Waals surface area (Å²) in [5.41, 5.74) is 0. The fourth-order valence-electron chi connectivity index (χ4n) is 1.03. The first-order valence-corrected chi connectivity index (χ1v) is 7.11. The van der Waals surface area contributed by atoms with Crippen LogP contribution < -0.4 is 5.32 Å². The normalized spacial score (nSPS) is 10.8. The third kappa shape index (κ3) is 4.94. The SMILES string of the molecule is CCCCC(=O)Nc1nnc(SC(C)C)s1. The summed E-state index contributed by atoms with van der Waals surface area (Å²) in [4.78, 5) is 11.4. The molecule has 0 aliphatic rings. The van der Waals surface area contributed by atoms with Gasteiger partial charge in [-0.15, -0.1) is 10.2 Å². The average molecular weight is 259 g/mol. The van der Waals surface area contributed by atoms with Gasteiger partial charge in [0, 0.05) is 11.7 Å². The molecule has 0 unspecified atom stereocenters. The number of nitrogens with one attached hydrogen (secondary N) is 1. The van der Waals surface area contributed by atoms with Crippen LogP contribution in [0.25, 0.3) is 0 Å². The molecule has 0 fully saturated rings. The number of carbonyl (C=O) groups excluding carboxylic acids is 1. The summed E-state index contributed by atoms with van der Waals surface area (Å²) in [6, 6.07) is 0. The molecule has 0 atom stereocenters. The summed E-state index contributed by atoms with van der Waals surface area (Å²) in [5, 5.41) is 11.8. The van der Waals surface area contributed by atoms with E-state index < -0.39 is 0 Å². The van der Waals surface area contributed by atoms with Gasteiger partial charge < -0.3 is 5.32 Å². The van der Waals surface area contributed by atoms with Crippen molar-refractivity contribution >= 4 is 34.1 Å². The molecule has 16 heavy (non-hydrogen) atoms. The molecule has 4 nitrogen and oxygen atoms in total. The van der Waals surface area contributed by atoms with E-state index in [9.17, 15) is 4.79 Å². The Bertz CT molecular complexity index is 339. The fraction of sp³-hybridized carbons (Fsp3) is 0.700. The summed E-state index contributed by atoms with van der Waals surface area (Å²) in [7, 11) is 0. The van der Waals surface area contributed by atoms with Gasteiger partial charge in [0.15, 0.2) is 4.34 Å². The van der Waals surface area contributed by atoms with Crippen molar-refractivity contribution in [2.24, 2.45) is 0 Å². The molecule has 1 aromatic heterocycles. The molecular weight excluding hydrogens is 242 g/mol. The number of nitrogens with zero attached hydrogens (tertiary/aromatic N) is 2. The maximum Gasteiger partial charge on any atom is 0.226 e. The largest absolute Gasteiger partial charge is 0.301 e. The van der Waals surface area contributed by atoms with E-state index in [-0.39, 0.29) is 5.91 Å². The van der Waals surface area contributed by atoms with E-state index in [1.54, 1.807) is 11.8 Å². The lowest BCUT2D eigenvalue weighted by molar-refractivity contribution is -0.116. The first kappa shape index (κ1) is 13.4. The molecule has 0 aromatic carbocycles. The van der Waals surface area contributed by atoms with Crippen LogP contribution in [0.4, 0.5) is 5.13 Å². The van der Waals surface area contributed by atoms with Crippen LogP contribution in [0.5, 0.6) is 0 Å². The van der Waals surface area contributed by atoms with Gasteiger partial charge in [0.1, 0.15) is 0 Å². The monoisotopic (exact) mass is 259 g/mol. The first-order valence-electron chi connectivity index (χ1n) is 5.41. The minimum atomic E-state index is 0.0269. The van der Waals surface area contributed by atoms with Gasteiger partial charge in [-0.2, -0.15) is 0 Å². The number of anilines is 1. The lowest BCUT2D eigenvalue weighted by Crippen LogP contribution is -2.10. The maximum absolute atomic E-state index is 11.4. The third-order valence-electron chi connectivity index (χ3n) is 1.75. The van der Waals surface area contributed by atoms with Crippen molar-refractivity contribution in [3.05, 3.63) is 0 Å². The predicted molar refractivity (Wildman–Crippen MR) is 69.1 cm³/mol. The Morgan fingerprint density at radius 1 is 1.50 bits per heavy atom. The highest BCUT2D eigenvalue weighted by Gasteiger charge is 2.09. The quantitative estimate of drug-likeness (QED) is 0.630. The summed E-state index contributed by atoms with van der Waals surface area (Å²) in [5.74, 6) is 0.0269. The van der Waals surface area contributed by atoms with Gasteiger partial charge in [0.25, 0.3) is 0 Å². The molecule has 1 heterocycles. The third-order valence-corrected chi connectivity index (χ3v) is 3.67. The van der Waals surface area contributed by atoms with E-state index in [4.69, 9.17) is 0 Å². The van der Waals surface area contributed by atoms with Crippen LogP contribution >= 0.6 is 23.1 Å². The zero-order valence-electron chi connectivity index (χ0n) is 9.82. The van der Waals surface area contributed by atoms with Gasteiger partial charge in [0.2, 0.25) is 11.0 Å². The van der Waals surface area contributed by atoms with E-state index in [1.165, 1.54) is 11.3 Å². The van der Waals surface area contributed by atoms with Crippen molar-refractivity contribution in [2.45, 2.75) is 49.6 Å². The smallest absolute Gasteiger partial charge is 0.226 e. The van der Waals surface area contributed by atoms with E-state index >= 15 is 0 Å². The fourth-order valence-corrected chi connectivity index (χ4v) is 3.02. The zero-order valence-corrected chi connectivity index (χ0v) is 11.5. The molecule has 6 heteroatoms. The van der Waals surface area contributed by atoms with E-state index in [0.717, 1.165) is 17.2 Å². The lowest BCUT2D eigenvalue weighted by Gasteiger charge is -1.99. The number of carbonyl (C=O) groups is 1. The molecule has 0 saturated carbocycles. The number of hydrogen-bond acceptors (Lipinski definition) is 5. The zero-order chi connectivity index (χ0) is 12.0. The van der Waals surface area contributed by atoms with Crippen molar-refractivity contribution in [1.29, 1.82) is 0 Å². The maximum atomic E-state index is 11.4. The number of amides is 1. The van der Waals surface area contributed by atoms with Crippen molar-refractivity contribution in [3.8, 4) is 0 Å². The molecule has 90 valence electrons. The molecular formula is C10H17N3OS2.